The van der Waals surface area contributed by atoms with Gasteiger partial charge in [-0.1, -0.05) is 19.6 Å². The first-order valence-electron chi connectivity index (χ1n) is 5.54. The molecule has 0 saturated carbocycles. The highest BCUT2D eigenvalue weighted by molar-refractivity contribution is 6.57. The van der Waals surface area contributed by atoms with Crippen molar-refractivity contribution in [1.82, 2.24) is 4.90 Å². The van der Waals surface area contributed by atoms with Crippen LogP contribution in [0.25, 0.3) is 0 Å². The molecule has 0 aromatic heterocycles. The summed E-state index contributed by atoms with van der Waals surface area (Å²) in [5.41, 5.74) is 0. The van der Waals surface area contributed by atoms with Crippen LogP contribution in [0.5, 0.6) is 0 Å². The summed E-state index contributed by atoms with van der Waals surface area (Å²) in [6.07, 6.45) is 4.93. The number of rotatable bonds is 2. The van der Waals surface area contributed by atoms with E-state index >= 15 is 0 Å². The Labute approximate surface area is 103 Å². The zero-order valence-corrected chi connectivity index (χ0v) is 9.26. The number of likely N-dealkylation sites (tertiary alicyclic amines) is 1. The van der Waals surface area contributed by atoms with E-state index in [1.54, 1.807) is 6.92 Å². The van der Waals surface area contributed by atoms with Gasteiger partial charge in [-0.2, -0.15) is 0 Å². The normalized spacial score (nSPS) is 29.7. The van der Waals surface area contributed by atoms with E-state index < -0.39 is 11.8 Å². The molecular formula is C12H18BNO3. The third-order valence-electron chi connectivity index (χ3n) is 3.30. The largest absolute Gasteiger partial charge is 0.464 e. The molecule has 1 saturated heterocycles. The number of fused-ring (bicyclic) bond motifs is 1. The Balaban J connectivity index is 0.00000144. The highest BCUT2D eigenvalue weighted by Crippen LogP contribution is 2.38. The summed E-state index contributed by atoms with van der Waals surface area (Å²) in [4.78, 5) is 24.5. The van der Waals surface area contributed by atoms with Gasteiger partial charge < -0.3 is 9.64 Å². The van der Waals surface area contributed by atoms with Crippen molar-refractivity contribution >= 4 is 19.6 Å². The van der Waals surface area contributed by atoms with Crippen LogP contribution in [0.4, 0.5) is 4.79 Å². The SMILES string of the molecule is C.[B]C(=O)N1C[C@@H]2C=CC[C@@H]2C1C(=O)OCC. The van der Waals surface area contributed by atoms with Gasteiger partial charge in [0.1, 0.15) is 6.04 Å². The van der Waals surface area contributed by atoms with Crippen LogP contribution in [0, 0.1) is 11.8 Å². The Bertz CT molecular complexity index is 343. The molecule has 0 N–H and O–H groups in total. The standard InChI is InChI=1S/C11H14BNO3.CH4/c1-2-16-10(14)9-8-5-3-4-7(8)6-13(9)11(12)15;/h3-4,7-9H,2,5-6H2,1H3;1H4/t7-,8-,9?;/m0./s1. The van der Waals surface area contributed by atoms with Crippen LogP contribution in [-0.4, -0.2) is 43.7 Å². The number of ether oxygens (including phenoxy) is 1. The zero-order valence-electron chi connectivity index (χ0n) is 9.26. The molecule has 0 bridgehead atoms. The van der Waals surface area contributed by atoms with E-state index in [9.17, 15) is 9.59 Å². The first-order valence-corrected chi connectivity index (χ1v) is 5.54. The van der Waals surface area contributed by atoms with E-state index in [0.717, 1.165) is 6.42 Å². The summed E-state index contributed by atoms with van der Waals surface area (Å²) >= 11 is 0. The highest BCUT2D eigenvalue weighted by Gasteiger charge is 2.47. The van der Waals surface area contributed by atoms with Crippen LogP contribution in [0.3, 0.4) is 0 Å². The van der Waals surface area contributed by atoms with Crippen molar-refractivity contribution in [3.8, 4) is 0 Å². The number of amides is 1. The maximum absolute atomic E-state index is 11.8. The summed E-state index contributed by atoms with van der Waals surface area (Å²) in [5, 5.41) is 0. The second-order valence-electron chi connectivity index (χ2n) is 4.18. The van der Waals surface area contributed by atoms with Crippen molar-refractivity contribution in [3.63, 3.8) is 0 Å². The molecule has 2 radical (unpaired) electrons. The lowest BCUT2D eigenvalue weighted by Gasteiger charge is -2.25. The molecule has 3 atom stereocenters. The lowest BCUT2D eigenvalue weighted by atomic mass is 9.93. The number of carbonyl (C=O) groups excluding carboxylic acids is 2. The van der Waals surface area contributed by atoms with Gasteiger partial charge in [0.15, 0.2) is 5.81 Å². The molecule has 17 heavy (non-hydrogen) atoms. The van der Waals surface area contributed by atoms with Gasteiger partial charge in [-0.05, 0) is 13.3 Å². The summed E-state index contributed by atoms with van der Waals surface area (Å²) in [6, 6.07) is -0.502. The van der Waals surface area contributed by atoms with Gasteiger partial charge >= 0.3 is 5.97 Å². The Kier molecular flexibility index (Phi) is 4.37. The van der Waals surface area contributed by atoms with Crippen molar-refractivity contribution in [2.75, 3.05) is 13.2 Å². The number of nitrogens with zero attached hydrogens (tertiary/aromatic N) is 1. The molecular weight excluding hydrogens is 217 g/mol. The molecule has 0 spiro atoms. The first-order chi connectivity index (χ1) is 7.65. The quantitative estimate of drug-likeness (QED) is 0.412. The molecule has 1 unspecified atom stereocenters. The van der Waals surface area contributed by atoms with E-state index in [2.05, 4.69) is 12.2 Å². The van der Waals surface area contributed by atoms with E-state index in [-0.39, 0.29) is 25.2 Å². The van der Waals surface area contributed by atoms with Gasteiger partial charge in [0.2, 0.25) is 7.85 Å². The van der Waals surface area contributed by atoms with Crippen molar-refractivity contribution in [2.45, 2.75) is 26.8 Å². The Morgan fingerprint density at radius 1 is 1.53 bits per heavy atom. The van der Waals surface area contributed by atoms with Crippen molar-refractivity contribution in [2.24, 2.45) is 11.8 Å². The lowest BCUT2D eigenvalue weighted by molar-refractivity contribution is -0.148. The maximum Gasteiger partial charge on any atom is 0.329 e. The van der Waals surface area contributed by atoms with Crippen molar-refractivity contribution in [1.29, 1.82) is 0 Å². The predicted octanol–water partition coefficient (Wildman–Crippen LogP) is 1.35. The fourth-order valence-corrected chi connectivity index (χ4v) is 2.62. The molecule has 92 valence electrons. The third-order valence-corrected chi connectivity index (χ3v) is 3.30. The van der Waals surface area contributed by atoms with Crippen LogP contribution < -0.4 is 0 Å². The predicted molar refractivity (Wildman–Crippen MR) is 65.7 cm³/mol. The van der Waals surface area contributed by atoms with E-state index in [1.165, 1.54) is 4.90 Å². The molecule has 1 aliphatic heterocycles. The molecule has 1 fully saturated rings. The number of carbonyl (C=O) groups is 2. The van der Waals surface area contributed by atoms with Crippen molar-refractivity contribution < 1.29 is 14.3 Å². The second kappa shape index (κ2) is 5.38. The van der Waals surface area contributed by atoms with E-state index in [0.29, 0.717) is 13.2 Å². The highest BCUT2D eigenvalue weighted by atomic mass is 16.5. The average Bonchev–Trinajstić information content (AvgIpc) is 2.75. The number of hydrogen-bond acceptors (Lipinski definition) is 3. The fourth-order valence-electron chi connectivity index (χ4n) is 2.62. The monoisotopic (exact) mass is 235 g/mol. The lowest BCUT2D eigenvalue weighted by Crippen LogP contribution is -2.43. The minimum atomic E-state index is -0.541. The Morgan fingerprint density at radius 2 is 2.24 bits per heavy atom. The van der Waals surface area contributed by atoms with E-state index in [1.807, 2.05) is 0 Å². The fraction of sp³-hybridized carbons (Fsp3) is 0.667. The molecule has 4 nitrogen and oxygen atoms in total. The molecule has 5 heteroatoms. The van der Waals surface area contributed by atoms with Gasteiger partial charge in [-0.25, -0.2) is 4.79 Å². The van der Waals surface area contributed by atoms with Crippen LogP contribution in [0.2, 0.25) is 0 Å². The minimum absolute atomic E-state index is 0. The molecule has 1 amide bonds. The molecule has 2 aliphatic rings. The second-order valence-corrected chi connectivity index (χ2v) is 4.18. The number of allylic oxidation sites excluding steroid dienone is 1. The summed E-state index contributed by atoms with van der Waals surface area (Å²) in [5.74, 6) is -0.480. The summed E-state index contributed by atoms with van der Waals surface area (Å²) < 4.78 is 5.00. The molecule has 0 aromatic carbocycles. The van der Waals surface area contributed by atoms with Crippen LogP contribution in [-0.2, 0) is 9.53 Å². The minimum Gasteiger partial charge on any atom is -0.464 e. The van der Waals surface area contributed by atoms with Crippen LogP contribution in [0.15, 0.2) is 12.2 Å². The maximum atomic E-state index is 11.8. The van der Waals surface area contributed by atoms with Gasteiger partial charge in [0.05, 0.1) is 6.61 Å². The van der Waals surface area contributed by atoms with Gasteiger partial charge in [-0.15, -0.1) is 0 Å². The summed E-state index contributed by atoms with van der Waals surface area (Å²) in [6.45, 7) is 2.61. The third kappa shape index (κ3) is 2.38. The van der Waals surface area contributed by atoms with Crippen molar-refractivity contribution in [3.05, 3.63) is 12.2 Å². The van der Waals surface area contributed by atoms with Crippen LogP contribution in [0.1, 0.15) is 20.8 Å². The number of hydrogen-bond donors (Lipinski definition) is 0. The topological polar surface area (TPSA) is 46.6 Å². The van der Waals surface area contributed by atoms with E-state index in [4.69, 9.17) is 12.6 Å². The Hall–Kier alpha value is -1.26. The molecule has 1 heterocycles. The summed E-state index contributed by atoms with van der Waals surface area (Å²) in [7, 11) is 5.28. The molecule has 1 aliphatic carbocycles. The van der Waals surface area contributed by atoms with Crippen LogP contribution >= 0.6 is 0 Å². The average molecular weight is 235 g/mol. The first kappa shape index (κ1) is 13.8. The number of esters is 1. The zero-order chi connectivity index (χ0) is 11.7. The molecule has 2 rings (SSSR count). The smallest absolute Gasteiger partial charge is 0.329 e. The van der Waals surface area contributed by atoms with Gasteiger partial charge in [-0.3, -0.25) is 4.79 Å². The molecule has 0 aromatic rings. The van der Waals surface area contributed by atoms with Gasteiger partial charge in [0, 0.05) is 18.4 Å². The Morgan fingerprint density at radius 3 is 2.82 bits per heavy atom. The van der Waals surface area contributed by atoms with Gasteiger partial charge in [0.25, 0.3) is 0 Å².